The summed E-state index contributed by atoms with van der Waals surface area (Å²) in [5, 5.41) is 10.1. The third-order valence-electron chi connectivity index (χ3n) is 2.90. The molecule has 0 aliphatic heterocycles. The SMILES string of the molecule is N=C([I-]NNc1cncc(-c2cccs2)c1)c1ccccc1. The molecule has 0 aliphatic rings. The van der Waals surface area contributed by atoms with Crippen LogP contribution in [0.25, 0.3) is 10.4 Å². The predicted molar refractivity (Wildman–Crippen MR) is 87.6 cm³/mol. The van der Waals surface area contributed by atoms with Gasteiger partial charge in [0.05, 0.1) is 0 Å². The number of nitrogens with one attached hydrogen (secondary N) is 3. The van der Waals surface area contributed by atoms with Gasteiger partial charge in [-0.1, -0.05) is 0 Å². The van der Waals surface area contributed by atoms with E-state index in [4.69, 9.17) is 5.41 Å². The molecule has 3 rings (SSSR count). The van der Waals surface area contributed by atoms with Crippen LogP contribution in [0.3, 0.4) is 0 Å². The van der Waals surface area contributed by atoms with E-state index in [1.54, 1.807) is 17.5 Å². The fraction of sp³-hybridized carbons (Fsp3) is 0. The molecule has 22 heavy (non-hydrogen) atoms. The van der Waals surface area contributed by atoms with Crippen molar-refractivity contribution in [3.63, 3.8) is 0 Å². The van der Waals surface area contributed by atoms with E-state index in [1.165, 1.54) is 4.88 Å². The van der Waals surface area contributed by atoms with Gasteiger partial charge in [-0.2, -0.15) is 0 Å². The zero-order chi connectivity index (χ0) is 15.2. The first-order chi connectivity index (χ1) is 10.8. The summed E-state index contributed by atoms with van der Waals surface area (Å²) >= 11 is 1.09. The molecule has 0 saturated heterocycles. The van der Waals surface area contributed by atoms with E-state index in [-0.39, 0.29) is 0 Å². The Morgan fingerprint density at radius 2 is 1.95 bits per heavy atom. The van der Waals surface area contributed by atoms with Gasteiger partial charge in [0.25, 0.3) is 0 Å². The number of hydrogen-bond acceptors (Lipinski definition) is 5. The van der Waals surface area contributed by atoms with Gasteiger partial charge in [0.15, 0.2) is 0 Å². The molecule has 0 atom stereocenters. The van der Waals surface area contributed by atoms with Crippen molar-refractivity contribution >= 4 is 20.7 Å². The Hall–Kier alpha value is -1.77. The van der Waals surface area contributed by atoms with Crippen LogP contribution in [0.1, 0.15) is 5.56 Å². The first kappa shape index (κ1) is 15.1. The fourth-order valence-corrected chi connectivity index (χ4v) is 3.95. The number of hydrazine groups is 1. The zero-order valence-electron chi connectivity index (χ0n) is 11.6. The van der Waals surface area contributed by atoms with Crippen molar-refractivity contribution in [1.82, 2.24) is 8.62 Å². The molecule has 112 valence electrons. The minimum absolute atomic E-state index is 0.601. The topological polar surface area (TPSA) is 60.8 Å². The van der Waals surface area contributed by atoms with Crippen molar-refractivity contribution in [3.8, 4) is 10.4 Å². The van der Waals surface area contributed by atoms with Crippen molar-refractivity contribution in [2.75, 3.05) is 5.43 Å². The van der Waals surface area contributed by atoms with E-state index in [1.807, 2.05) is 42.6 Å². The standard InChI is InChI=1S/C16H14IN4S/c18-16(12-5-2-1-3-6-12)17-21-20-14-9-13(10-19-11-14)15-7-4-8-22-15/h1-11,18,20-21H/q-1. The van der Waals surface area contributed by atoms with Crippen molar-refractivity contribution in [2.24, 2.45) is 0 Å². The Morgan fingerprint density at radius 1 is 1.09 bits per heavy atom. The van der Waals surface area contributed by atoms with Crippen molar-refractivity contribution < 1.29 is 21.5 Å². The van der Waals surface area contributed by atoms with Gasteiger partial charge in [0.1, 0.15) is 0 Å². The summed E-state index contributed by atoms with van der Waals surface area (Å²) in [6.07, 6.45) is 3.64. The molecule has 0 radical (unpaired) electrons. The average Bonchev–Trinajstić information content (AvgIpc) is 3.10. The monoisotopic (exact) mass is 421 g/mol. The summed E-state index contributed by atoms with van der Waals surface area (Å²) < 4.78 is 3.82. The molecule has 3 N–H and O–H groups in total. The van der Waals surface area contributed by atoms with E-state index in [0.717, 1.165) is 16.8 Å². The number of aromatic nitrogens is 1. The molecule has 0 amide bonds. The Kier molecular flexibility index (Phi) is 5.15. The van der Waals surface area contributed by atoms with Gasteiger partial charge in [-0.05, 0) is 0 Å². The Bertz CT molecular complexity index is 744. The third kappa shape index (κ3) is 3.90. The summed E-state index contributed by atoms with van der Waals surface area (Å²) in [5.41, 5.74) is 6.12. The molecular formula is C16H14IN4S-. The summed E-state index contributed by atoms with van der Waals surface area (Å²) in [5.74, 6) is 0. The van der Waals surface area contributed by atoms with Crippen LogP contribution >= 0.6 is 11.3 Å². The Labute approximate surface area is 143 Å². The second-order valence-electron chi connectivity index (χ2n) is 4.43. The maximum atomic E-state index is 8.08. The number of rotatable bonds is 6. The summed E-state index contributed by atoms with van der Waals surface area (Å²) in [7, 11) is 0. The van der Waals surface area contributed by atoms with Crippen molar-refractivity contribution in [3.05, 3.63) is 71.9 Å². The Balaban J connectivity index is 1.58. The van der Waals surface area contributed by atoms with Gasteiger partial charge in [-0.3, -0.25) is 0 Å². The van der Waals surface area contributed by atoms with Crippen LogP contribution in [-0.4, -0.2) is 8.70 Å². The number of thiophene rings is 1. The number of halogens is 1. The van der Waals surface area contributed by atoms with Gasteiger partial charge >= 0.3 is 144 Å². The van der Waals surface area contributed by atoms with Gasteiger partial charge in [0, 0.05) is 0 Å². The number of anilines is 1. The molecule has 3 aromatic rings. The molecule has 4 nitrogen and oxygen atoms in total. The van der Waals surface area contributed by atoms with E-state index >= 15 is 0 Å². The van der Waals surface area contributed by atoms with Crippen LogP contribution in [0.2, 0.25) is 0 Å². The summed E-state index contributed by atoms with van der Waals surface area (Å²) in [4.78, 5) is 5.46. The molecule has 0 spiro atoms. The molecule has 6 heteroatoms. The normalized spacial score (nSPS) is 10.5. The number of hydrogen-bond donors (Lipinski definition) is 3. The van der Waals surface area contributed by atoms with E-state index in [9.17, 15) is 0 Å². The molecule has 0 bridgehead atoms. The van der Waals surface area contributed by atoms with Crippen molar-refractivity contribution in [2.45, 2.75) is 0 Å². The zero-order valence-corrected chi connectivity index (χ0v) is 14.6. The van der Waals surface area contributed by atoms with Gasteiger partial charge in [0.2, 0.25) is 0 Å². The van der Waals surface area contributed by atoms with Crippen LogP contribution < -0.4 is 30.5 Å². The summed E-state index contributed by atoms with van der Waals surface area (Å²) in [6.45, 7) is 0. The maximum absolute atomic E-state index is 8.08. The third-order valence-corrected chi connectivity index (χ3v) is 5.52. The van der Waals surface area contributed by atoms with E-state index in [0.29, 0.717) is 3.72 Å². The molecule has 0 fully saturated rings. The molecule has 0 saturated carbocycles. The second kappa shape index (κ2) is 7.48. The molecule has 2 aromatic heterocycles. The van der Waals surface area contributed by atoms with Crippen molar-refractivity contribution in [1.29, 1.82) is 5.41 Å². The van der Waals surface area contributed by atoms with E-state index < -0.39 is 21.5 Å². The minimum atomic E-state index is -0.601. The quantitative estimate of drug-likeness (QED) is 0.238. The van der Waals surface area contributed by atoms with Gasteiger partial charge in [-0.15, -0.1) is 0 Å². The van der Waals surface area contributed by atoms with Crippen LogP contribution in [0.5, 0.6) is 0 Å². The van der Waals surface area contributed by atoms with Gasteiger partial charge < -0.3 is 0 Å². The first-order valence-electron chi connectivity index (χ1n) is 6.60. The molecule has 0 unspecified atom stereocenters. The Morgan fingerprint density at radius 3 is 2.73 bits per heavy atom. The number of benzene rings is 1. The molecule has 1 aromatic carbocycles. The molecule has 2 heterocycles. The average molecular weight is 421 g/mol. The number of nitrogens with zero attached hydrogens (tertiary/aromatic N) is 1. The first-order valence-corrected chi connectivity index (χ1v) is 9.64. The predicted octanol–water partition coefficient (Wildman–Crippen LogP) is 0.756. The van der Waals surface area contributed by atoms with Crippen LogP contribution in [0.15, 0.2) is 66.3 Å². The van der Waals surface area contributed by atoms with Gasteiger partial charge in [-0.25, -0.2) is 0 Å². The fourth-order valence-electron chi connectivity index (χ4n) is 1.85. The van der Waals surface area contributed by atoms with Crippen LogP contribution in [0, 0.1) is 5.41 Å². The van der Waals surface area contributed by atoms with Crippen LogP contribution in [-0.2, 0) is 0 Å². The second-order valence-corrected chi connectivity index (χ2v) is 7.54. The number of pyridine rings is 1. The molecular weight excluding hydrogens is 407 g/mol. The summed E-state index contributed by atoms with van der Waals surface area (Å²) in [6, 6.07) is 16.0. The molecule has 0 aliphatic carbocycles. The van der Waals surface area contributed by atoms with Crippen LogP contribution in [0.4, 0.5) is 5.69 Å². The van der Waals surface area contributed by atoms with E-state index in [2.05, 4.69) is 31.6 Å².